The summed E-state index contributed by atoms with van der Waals surface area (Å²) in [5.74, 6) is 0.919. The predicted molar refractivity (Wildman–Crippen MR) is 81.9 cm³/mol. The summed E-state index contributed by atoms with van der Waals surface area (Å²) in [6.07, 6.45) is 1.73. The molecule has 0 amide bonds. The predicted octanol–water partition coefficient (Wildman–Crippen LogP) is 2.96. The second-order valence-corrected chi connectivity index (χ2v) is 6.21. The summed E-state index contributed by atoms with van der Waals surface area (Å²) in [6, 6.07) is 9.95. The third-order valence-electron chi connectivity index (χ3n) is 3.36. The van der Waals surface area contributed by atoms with Gasteiger partial charge >= 0.3 is 0 Å². The molecule has 21 heavy (non-hydrogen) atoms. The summed E-state index contributed by atoms with van der Waals surface area (Å²) in [5.41, 5.74) is 3.15. The van der Waals surface area contributed by atoms with Crippen LogP contribution in [0.3, 0.4) is 0 Å². The lowest BCUT2D eigenvalue weighted by Gasteiger charge is -2.20. The second-order valence-electron chi connectivity index (χ2n) is 6.21. The van der Waals surface area contributed by atoms with Gasteiger partial charge in [-0.25, -0.2) is 4.68 Å². The average molecular weight is 284 g/mol. The lowest BCUT2D eigenvalue weighted by molar-refractivity contribution is 0.416. The van der Waals surface area contributed by atoms with Gasteiger partial charge in [-0.3, -0.25) is 0 Å². The molecule has 0 aliphatic rings. The molecule has 0 fully saturated rings. The lowest BCUT2D eigenvalue weighted by atomic mass is 10.1. The highest BCUT2D eigenvalue weighted by Gasteiger charge is 2.14. The maximum Gasteiger partial charge on any atom is 0.129 e. The Morgan fingerprint density at radius 3 is 2.81 bits per heavy atom. The van der Waals surface area contributed by atoms with Crippen LogP contribution in [0.4, 0.5) is 0 Å². The topological polar surface area (TPSA) is 55.9 Å². The molecule has 0 atom stereocenters. The van der Waals surface area contributed by atoms with E-state index in [9.17, 15) is 0 Å². The van der Waals surface area contributed by atoms with Crippen LogP contribution in [0.25, 0.3) is 11.0 Å². The molecular formula is C16H20N4O. The minimum Gasteiger partial charge on any atom is -0.467 e. The molecule has 1 N–H and O–H groups in total. The minimum atomic E-state index is 0.0779. The normalized spacial score (nSPS) is 12.1. The number of nitrogens with one attached hydrogen (secondary N) is 1. The van der Waals surface area contributed by atoms with Gasteiger partial charge in [-0.05, 0) is 39.0 Å². The number of hydrogen-bond donors (Lipinski definition) is 1. The van der Waals surface area contributed by atoms with Crippen LogP contribution in [-0.2, 0) is 13.1 Å². The zero-order valence-corrected chi connectivity index (χ0v) is 12.6. The van der Waals surface area contributed by atoms with Crippen molar-refractivity contribution in [2.45, 2.75) is 39.4 Å². The first-order valence-electron chi connectivity index (χ1n) is 7.11. The fourth-order valence-electron chi connectivity index (χ4n) is 2.19. The van der Waals surface area contributed by atoms with Crippen molar-refractivity contribution >= 4 is 11.0 Å². The quantitative estimate of drug-likeness (QED) is 0.800. The van der Waals surface area contributed by atoms with Crippen molar-refractivity contribution in [3.63, 3.8) is 0 Å². The Kier molecular flexibility index (Phi) is 3.51. The van der Waals surface area contributed by atoms with Crippen molar-refractivity contribution in [3.05, 3.63) is 47.9 Å². The van der Waals surface area contributed by atoms with E-state index in [4.69, 9.17) is 4.42 Å². The first kappa shape index (κ1) is 13.8. The summed E-state index contributed by atoms with van der Waals surface area (Å²) in [7, 11) is 0. The van der Waals surface area contributed by atoms with Gasteiger partial charge in [0.25, 0.3) is 0 Å². The molecule has 0 radical (unpaired) electrons. The fourth-order valence-corrected chi connectivity index (χ4v) is 2.19. The molecule has 5 heteroatoms. The van der Waals surface area contributed by atoms with Crippen molar-refractivity contribution in [3.8, 4) is 0 Å². The Morgan fingerprint density at radius 1 is 1.19 bits per heavy atom. The standard InChI is InChI=1S/C16H20N4O/c1-16(2,3)17-10-12-8-9-21-15(12)11-20-14-7-5-4-6-13(14)18-19-20/h4-9,17H,10-11H2,1-3H3. The number of furan rings is 1. The largest absolute Gasteiger partial charge is 0.467 e. The van der Waals surface area contributed by atoms with E-state index in [1.807, 2.05) is 35.0 Å². The molecule has 0 aliphatic heterocycles. The Labute approximate surface area is 123 Å². The number of hydrogen-bond acceptors (Lipinski definition) is 4. The maximum atomic E-state index is 5.62. The van der Waals surface area contributed by atoms with Crippen molar-refractivity contribution < 1.29 is 4.42 Å². The van der Waals surface area contributed by atoms with Crippen LogP contribution in [0.15, 0.2) is 41.0 Å². The number of benzene rings is 1. The zero-order chi connectivity index (χ0) is 14.9. The number of para-hydroxylation sites is 1. The van der Waals surface area contributed by atoms with Crippen LogP contribution in [0.2, 0.25) is 0 Å². The highest BCUT2D eigenvalue weighted by Crippen LogP contribution is 2.16. The van der Waals surface area contributed by atoms with E-state index in [1.165, 1.54) is 0 Å². The van der Waals surface area contributed by atoms with E-state index in [0.717, 1.165) is 28.9 Å². The van der Waals surface area contributed by atoms with Crippen LogP contribution in [-0.4, -0.2) is 20.5 Å². The first-order chi connectivity index (χ1) is 10.0. The summed E-state index contributed by atoms with van der Waals surface area (Å²) in [6.45, 7) is 7.82. The number of fused-ring (bicyclic) bond motifs is 1. The monoisotopic (exact) mass is 284 g/mol. The van der Waals surface area contributed by atoms with E-state index in [0.29, 0.717) is 6.54 Å². The van der Waals surface area contributed by atoms with Gasteiger partial charge < -0.3 is 9.73 Å². The minimum absolute atomic E-state index is 0.0779. The molecule has 0 bridgehead atoms. The molecule has 5 nitrogen and oxygen atoms in total. The molecule has 3 aromatic rings. The fraction of sp³-hybridized carbons (Fsp3) is 0.375. The van der Waals surface area contributed by atoms with E-state index in [-0.39, 0.29) is 5.54 Å². The molecule has 110 valence electrons. The van der Waals surface area contributed by atoms with Crippen LogP contribution in [0, 0.1) is 0 Å². The van der Waals surface area contributed by atoms with Crippen LogP contribution in [0.1, 0.15) is 32.1 Å². The smallest absolute Gasteiger partial charge is 0.129 e. The summed E-state index contributed by atoms with van der Waals surface area (Å²) in [4.78, 5) is 0. The molecule has 0 aliphatic carbocycles. The van der Waals surface area contributed by atoms with Gasteiger partial charge in [0.05, 0.1) is 11.8 Å². The summed E-state index contributed by atoms with van der Waals surface area (Å²) in [5, 5.41) is 11.9. The van der Waals surface area contributed by atoms with Crippen LogP contribution < -0.4 is 5.32 Å². The van der Waals surface area contributed by atoms with Gasteiger partial charge in [-0.1, -0.05) is 17.3 Å². The Hall–Kier alpha value is -2.14. The Balaban J connectivity index is 1.81. The summed E-state index contributed by atoms with van der Waals surface area (Å²) >= 11 is 0. The SMILES string of the molecule is CC(C)(C)NCc1ccoc1Cn1nnc2ccccc21. The van der Waals surface area contributed by atoms with Crippen LogP contribution in [0.5, 0.6) is 0 Å². The summed E-state index contributed by atoms with van der Waals surface area (Å²) < 4.78 is 7.49. The lowest BCUT2D eigenvalue weighted by Crippen LogP contribution is -2.35. The molecule has 0 unspecified atom stereocenters. The number of aromatic nitrogens is 3. The molecule has 0 saturated carbocycles. The van der Waals surface area contributed by atoms with Gasteiger partial charge in [0.2, 0.25) is 0 Å². The highest BCUT2D eigenvalue weighted by atomic mass is 16.3. The molecular weight excluding hydrogens is 264 g/mol. The van der Waals surface area contributed by atoms with E-state index in [2.05, 4.69) is 36.4 Å². The molecule has 0 saturated heterocycles. The molecule has 1 aromatic carbocycles. The second kappa shape index (κ2) is 5.33. The van der Waals surface area contributed by atoms with Crippen molar-refractivity contribution in [2.75, 3.05) is 0 Å². The molecule has 2 aromatic heterocycles. The molecule has 0 spiro atoms. The Morgan fingerprint density at radius 2 is 2.00 bits per heavy atom. The average Bonchev–Trinajstić information content (AvgIpc) is 3.04. The maximum absolute atomic E-state index is 5.62. The van der Waals surface area contributed by atoms with E-state index in [1.54, 1.807) is 6.26 Å². The third-order valence-corrected chi connectivity index (χ3v) is 3.36. The van der Waals surface area contributed by atoms with Crippen molar-refractivity contribution in [1.82, 2.24) is 20.3 Å². The van der Waals surface area contributed by atoms with Crippen molar-refractivity contribution in [2.24, 2.45) is 0 Å². The van der Waals surface area contributed by atoms with Gasteiger partial charge in [0.15, 0.2) is 0 Å². The van der Waals surface area contributed by atoms with E-state index < -0.39 is 0 Å². The number of rotatable bonds is 4. The third kappa shape index (κ3) is 3.13. The highest BCUT2D eigenvalue weighted by molar-refractivity contribution is 5.73. The molecule has 2 heterocycles. The van der Waals surface area contributed by atoms with E-state index >= 15 is 0 Å². The van der Waals surface area contributed by atoms with Crippen molar-refractivity contribution in [1.29, 1.82) is 0 Å². The van der Waals surface area contributed by atoms with Gasteiger partial charge in [-0.2, -0.15) is 0 Å². The zero-order valence-electron chi connectivity index (χ0n) is 12.6. The first-order valence-corrected chi connectivity index (χ1v) is 7.11. The number of nitrogens with zero attached hydrogens (tertiary/aromatic N) is 3. The van der Waals surface area contributed by atoms with Crippen LogP contribution >= 0.6 is 0 Å². The van der Waals surface area contributed by atoms with Gasteiger partial charge in [0, 0.05) is 17.6 Å². The van der Waals surface area contributed by atoms with Gasteiger partial charge in [-0.15, -0.1) is 5.10 Å². The Bertz CT molecular complexity index is 736. The molecule has 3 rings (SSSR count). The van der Waals surface area contributed by atoms with Gasteiger partial charge in [0.1, 0.15) is 17.8 Å².